The van der Waals surface area contributed by atoms with Crippen molar-refractivity contribution in [3.8, 4) is 22.8 Å². The minimum Gasteiger partial charge on any atom is -0.434 e. The van der Waals surface area contributed by atoms with Crippen LogP contribution in [0.25, 0.3) is 11.1 Å². The fourth-order valence-corrected chi connectivity index (χ4v) is 8.34. The molecule has 5 fully saturated rings. The summed E-state index contributed by atoms with van der Waals surface area (Å²) in [7, 11) is 1.68. The number of anilines is 1. The van der Waals surface area contributed by atoms with Gasteiger partial charge in [-0.15, -0.1) is 10.2 Å². The van der Waals surface area contributed by atoms with Gasteiger partial charge >= 0.3 is 6.03 Å². The molecule has 1 N–H and O–H groups in total. The summed E-state index contributed by atoms with van der Waals surface area (Å²) in [5.41, 5.74) is 2.51. The quantitative estimate of drug-likeness (QED) is 0.330. The van der Waals surface area contributed by atoms with Gasteiger partial charge in [-0.3, -0.25) is 0 Å². The van der Waals surface area contributed by atoms with E-state index >= 15 is 0 Å². The van der Waals surface area contributed by atoms with Crippen LogP contribution >= 0.6 is 0 Å². The number of carbonyl (C=O) groups is 1. The summed E-state index contributed by atoms with van der Waals surface area (Å²) in [5.74, 6) is 2.15. The molecular weight excluding hydrogens is 613 g/mol. The van der Waals surface area contributed by atoms with Gasteiger partial charge in [0.2, 0.25) is 0 Å². The molecule has 2 amide bonds. The molecule has 2 aromatic heterocycles. The number of piperidine rings is 1. The Balaban J connectivity index is 0.862. The molecule has 3 aromatic rings. The fourth-order valence-electron chi connectivity index (χ4n) is 8.34. The van der Waals surface area contributed by atoms with Gasteiger partial charge in [-0.2, -0.15) is 0 Å². The van der Waals surface area contributed by atoms with Gasteiger partial charge in [0.05, 0.1) is 17.8 Å². The molecule has 8 rings (SSSR count). The van der Waals surface area contributed by atoms with Crippen molar-refractivity contribution >= 4 is 11.8 Å². The largest absolute Gasteiger partial charge is 0.434 e. The predicted octanol–water partition coefficient (Wildman–Crippen LogP) is 4.64. The van der Waals surface area contributed by atoms with E-state index in [0.717, 1.165) is 102 Å². The number of ether oxygens (including phenoxy) is 2. The van der Waals surface area contributed by atoms with Gasteiger partial charge in [-0.1, -0.05) is 0 Å². The molecule has 2 aliphatic carbocycles. The molecule has 48 heavy (non-hydrogen) atoms. The molecule has 12 nitrogen and oxygen atoms in total. The normalized spacial score (nSPS) is 25.4. The van der Waals surface area contributed by atoms with Gasteiger partial charge in [0, 0.05) is 68.5 Å². The number of benzene rings is 1. The molecule has 5 aliphatic rings. The molecule has 5 heterocycles. The van der Waals surface area contributed by atoms with Gasteiger partial charge in [0.15, 0.2) is 5.82 Å². The highest BCUT2D eigenvalue weighted by atomic mass is 19.1. The van der Waals surface area contributed by atoms with Crippen LogP contribution in [-0.2, 0) is 4.74 Å². The molecule has 1 aromatic carbocycles. The maximum Gasteiger partial charge on any atom is 0.318 e. The lowest BCUT2D eigenvalue weighted by molar-refractivity contribution is 0.0581. The number of rotatable bonds is 10. The van der Waals surface area contributed by atoms with Crippen molar-refractivity contribution in [2.45, 2.75) is 62.8 Å². The lowest BCUT2D eigenvalue weighted by Gasteiger charge is -2.54. The standard InChI is InChI=1S/C35H44FN9O3/c1-47-15-14-44-21-35(41-33(44)46)8-6-24(7-9-35)18-43-12-10-34(11-13-43)19-45(20-34)31-32(42-40-23-39-31)48-29-5-4-26(36)16-27(29)28-17-37-22-38-30(28)25-2-3-25/h4-5,16-17,22-25H,2-3,6-15,18-21H2,1H3,(H,41,46). The molecule has 3 saturated heterocycles. The zero-order chi connectivity index (χ0) is 32.7. The van der Waals surface area contributed by atoms with Crippen molar-refractivity contribution in [2.24, 2.45) is 11.3 Å². The van der Waals surface area contributed by atoms with Crippen LogP contribution in [0.5, 0.6) is 11.6 Å². The average molecular weight is 658 g/mol. The number of nitrogens with one attached hydrogen (secondary N) is 1. The molecule has 0 atom stereocenters. The third-order valence-corrected chi connectivity index (χ3v) is 11.3. The first-order chi connectivity index (χ1) is 23.4. The van der Waals surface area contributed by atoms with Crippen LogP contribution in [0.4, 0.5) is 15.0 Å². The number of urea groups is 1. The number of halogens is 1. The van der Waals surface area contributed by atoms with Gasteiger partial charge in [-0.25, -0.2) is 24.1 Å². The molecule has 13 heteroatoms. The first-order valence-corrected chi connectivity index (χ1v) is 17.4. The van der Waals surface area contributed by atoms with Gasteiger partial charge in [0.25, 0.3) is 5.88 Å². The highest BCUT2D eigenvalue weighted by molar-refractivity contribution is 5.78. The number of aromatic nitrogens is 5. The molecule has 0 radical (unpaired) electrons. The van der Waals surface area contributed by atoms with Crippen molar-refractivity contribution in [1.82, 2.24) is 40.3 Å². The van der Waals surface area contributed by atoms with E-state index in [0.29, 0.717) is 48.0 Å². The summed E-state index contributed by atoms with van der Waals surface area (Å²) in [5, 5.41) is 11.6. The Kier molecular flexibility index (Phi) is 8.36. The minimum atomic E-state index is -0.351. The maximum atomic E-state index is 14.5. The lowest BCUT2D eigenvalue weighted by Crippen LogP contribution is -2.61. The van der Waals surface area contributed by atoms with Crippen molar-refractivity contribution in [3.63, 3.8) is 0 Å². The van der Waals surface area contributed by atoms with Crippen molar-refractivity contribution < 1.29 is 18.7 Å². The lowest BCUT2D eigenvalue weighted by atomic mass is 9.71. The van der Waals surface area contributed by atoms with Crippen LogP contribution in [0.2, 0.25) is 0 Å². The number of nitrogens with zero attached hydrogens (tertiary/aromatic N) is 8. The van der Waals surface area contributed by atoms with Crippen LogP contribution < -0.4 is 15.0 Å². The van der Waals surface area contributed by atoms with Crippen LogP contribution in [0.3, 0.4) is 0 Å². The summed E-state index contributed by atoms with van der Waals surface area (Å²) in [6.07, 6.45) is 13.6. The summed E-state index contributed by atoms with van der Waals surface area (Å²) in [6.45, 7) is 7.17. The van der Waals surface area contributed by atoms with Crippen LogP contribution in [0.15, 0.2) is 37.1 Å². The zero-order valence-corrected chi connectivity index (χ0v) is 27.6. The fraction of sp³-hybridized carbons (Fsp3) is 0.600. The van der Waals surface area contributed by atoms with E-state index in [1.165, 1.54) is 18.5 Å². The van der Waals surface area contributed by atoms with Gasteiger partial charge < -0.3 is 29.5 Å². The Morgan fingerprint density at radius 3 is 2.58 bits per heavy atom. The van der Waals surface area contributed by atoms with Crippen molar-refractivity contribution in [2.75, 3.05) is 64.4 Å². The number of carbonyl (C=O) groups excluding carboxylic acids is 1. The number of hydrogen-bond acceptors (Lipinski definition) is 10. The Labute approximate surface area is 280 Å². The van der Waals surface area contributed by atoms with E-state index in [9.17, 15) is 9.18 Å². The zero-order valence-electron chi connectivity index (χ0n) is 27.6. The molecule has 0 unspecified atom stereocenters. The number of likely N-dealkylation sites (tertiary alicyclic amines) is 1. The number of methoxy groups -OCH3 is 1. The van der Waals surface area contributed by atoms with Crippen molar-refractivity contribution in [1.29, 1.82) is 0 Å². The van der Waals surface area contributed by atoms with Crippen LogP contribution in [0, 0.1) is 17.2 Å². The third kappa shape index (κ3) is 6.29. The first kappa shape index (κ1) is 31.3. The second-order valence-electron chi connectivity index (χ2n) is 14.7. The second-order valence-corrected chi connectivity index (χ2v) is 14.7. The number of amides is 2. The Bertz CT molecular complexity index is 1630. The van der Waals surface area contributed by atoms with E-state index in [-0.39, 0.29) is 22.8 Å². The molecule has 0 bridgehead atoms. The third-order valence-electron chi connectivity index (χ3n) is 11.3. The van der Waals surface area contributed by atoms with E-state index in [2.05, 4.69) is 40.3 Å². The molecule has 3 aliphatic heterocycles. The smallest absolute Gasteiger partial charge is 0.318 e. The topological polar surface area (TPSA) is 122 Å². The SMILES string of the molecule is COCCN1CC2(CCC(CN3CCC4(CC3)CN(c3ncnnc3Oc3ccc(F)cc3-c3cncnc3C3CC3)C4)CC2)NC1=O. The highest BCUT2D eigenvalue weighted by Gasteiger charge is 2.48. The van der Waals surface area contributed by atoms with E-state index in [1.807, 2.05) is 4.90 Å². The highest BCUT2D eigenvalue weighted by Crippen LogP contribution is 2.47. The Morgan fingerprint density at radius 1 is 1.00 bits per heavy atom. The predicted molar refractivity (Wildman–Crippen MR) is 176 cm³/mol. The Morgan fingerprint density at radius 2 is 1.81 bits per heavy atom. The van der Waals surface area contributed by atoms with Crippen LogP contribution in [-0.4, -0.2) is 106 Å². The monoisotopic (exact) mass is 657 g/mol. The maximum absolute atomic E-state index is 14.5. The minimum absolute atomic E-state index is 0.0581. The molecule has 254 valence electrons. The van der Waals surface area contributed by atoms with Crippen molar-refractivity contribution in [3.05, 3.63) is 48.6 Å². The van der Waals surface area contributed by atoms with E-state index in [4.69, 9.17) is 9.47 Å². The average Bonchev–Trinajstić information content (AvgIpc) is 3.89. The number of hydrogen-bond donors (Lipinski definition) is 1. The summed E-state index contributed by atoms with van der Waals surface area (Å²) in [4.78, 5) is 32.6. The molecule has 2 saturated carbocycles. The van der Waals surface area contributed by atoms with E-state index < -0.39 is 0 Å². The van der Waals surface area contributed by atoms with Crippen LogP contribution in [0.1, 0.15) is 63.0 Å². The first-order valence-electron chi connectivity index (χ1n) is 17.4. The Hall–Kier alpha value is -3.97. The summed E-state index contributed by atoms with van der Waals surface area (Å²) < 4.78 is 26.1. The van der Waals surface area contributed by atoms with Gasteiger partial charge in [0.1, 0.15) is 24.2 Å². The molecular formula is C35H44FN9O3. The van der Waals surface area contributed by atoms with Gasteiger partial charge in [-0.05, 0) is 88.6 Å². The molecule has 2 spiro atoms. The second kappa shape index (κ2) is 12.8. The summed E-state index contributed by atoms with van der Waals surface area (Å²) >= 11 is 0. The van der Waals surface area contributed by atoms with E-state index in [1.54, 1.807) is 25.7 Å². The summed E-state index contributed by atoms with van der Waals surface area (Å²) in [6, 6.07) is 4.56.